The molecule has 2 atom stereocenters. The van der Waals surface area contributed by atoms with Crippen LogP contribution in [0, 0.1) is 5.41 Å². The highest BCUT2D eigenvalue weighted by molar-refractivity contribution is 5.81. The Morgan fingerprint density at radius 1 is 1.45 bits per heavy atom. The van der Waals surface area contributed by atoms with Crippen LogP contribution in [0.15, 0.2) is 30.5 Å². The summed E-state index contributed by atoms with van der Waals surface area (Å²) in [5, 5.41) is 18.4. The van der Waals surface area contributed by atoms with Gasteiger partial charge in [-0.05, 0) is 18.9 Å². The van der Waals surface area contributed by atoms with E-state index in [2.05, 4.69) is 17.3 Å². The van der Waals surface area contributed by atoms with Crippen LogP contribution in [0.1, 0.15) is 32.6 Å². The third-order valence-electron chi connectivity index (χ3n) is 4.81. The first-order valence-electron chi connectivity index (χ1n) is 7.94. The normalized spacial score (nSPS) is 25.3. The number of hydrogen-bond acceptors (Lipinski definition) is 3. The molecule has 0 spiro atoms. The molecule has 0 aliphatic heterocycles. The molecule has 1 amide bonds. The smallest absolute Gasteiger partial charge is 0.241 e. The van der Waals surface area contributed by atoms with Gasteiger partial charge in [0.1, 0.15) is 6.54 Å². The number of para-hydroxylation sites is 1. The fourth-order valence-corrected chi connectivity index (χ4v) is 3.23. The highest BCUT2D eigenvalue weighted by Gasteiger charge is 2.35. The van der Waals surface area contributed by atoms with Gasteiger partial charge in [-0.25, -0.2) is 0 Å². The number of benzene rings is 1. The Labute approximate surface area is 130 Å². The first-order valence-corrected chi connectivity index (χ1v) is 7.94. The predicted molar refractivity (Wildman–Crippen MR) is 85.3 cm³/mol. The summed E-state index contributed by atoms with van der Waals surface area (Å²) in [7, 11) is 0. The van der Waals surface area contributed by atoms with Crippen molar-refractivity contribution in [3.8, 4) is 0 Å². The average Bonchev–Trinajstić information content (AvgIpc) is 2.92. The zero-order valence-corrected chi connectivity index (χ0v) is 13.0. The number of fused-ring (bicyclic) bond motifs is 1. The lowest BCUT2D eigenvalue weighted by Crippen LogP contribution is -2.45. The molecule has 2 N–H and O–H groups in total. The van der Waals surface area contributed by atoms with Crippen molar-refractivity contribution in [1.82, 2.24) is 15.1 Å². The fourth-order valence-electron chi connectivity index (χ4n) is 3.23. The molecule has 1 heterocycles. The van der Waals surface area contributed by atoms with Gasteiger partial charge in [-0.1, -0.05) is 38.0 Å². The van der Waals surface area contributed by atoms with Crippen molar-refractivity contribution in [3.63, 3.8) is 0 Å². The molecule has 118 valence electrons. The second-order valence-electron chi connectivity index (χ2n) is 6.55. The molecular formula is C17H23N3O2. The zero-order valence-electron chi connectivity index (χ0n) is 13.0. The molecule has 1 aliphatic rings. The maximum Gasteiger partial charge on any atom is 0.241 e. The Hall–Kier alpha value is -1.88. The quantitative estimate of drug-likeness (QED) is 0.908. The van der Waals surface area contributed by atoms with Crippen molar-refractivity contribution in [1.29, 1.82) is 0 Å². The Bertz CT molecular complexity index is 667. The Morgan fingerprint density at radius 3 is 3.09 bits per heavy atom. The summed E-state index contributed by atoms with van der Waals surface area (Å²) in [5.41, 5.74) is 0.752. The van der Waals surface area contributed by atoms with Crippen molar-refractivity contribution < 1.29 is 9.90 Å². The molecular weight excluding hydrogens is 278 g/mol. The summed E-state index contributed by atoms with van der Waals surface area (Å²) in [4.78, 5) is 12.2. The topological polar surface area (TPSA) is 67.2 Å². The minimum absolute atomic E-state index is 0.0622. The average molecular weight is 301 g/mol. The molecule has 5 nitrogen and oxygen atoms in total. The maximum atomic E-state index is 12.2. The van der Waals surface area contributed by atoms with Gasteiger partial charge < -0.3 is 10.4 Å². The highest BCUT2D eigenvalue weighted by atomic mass is 16.3. The Balaban J connectivity index is 1.61. The first-order chi connectivity index (χ1) is 10.6. The molecule has 1 saturated carbocycles. The van der Waals surface area contributed by atoms with Gasteiger partial charge in [0.2, 0.25) is 5.91 Å². The number of carbonyl (C=O) groups excluding carboxylic acids is 1. The molecule has 1 aliphatic carbocycles. The lowest BCUT2D eigenvalue weighted by atomic mass is 9.73. The van der Waals surface area contributed by atoms with E-state index in [1.807, 2.05) is 24.3 Å². The number of carbonyl (C=O) groups is 1. The monoisotopic (exact) mass is 301 g/mol. The van der Waals surface area contributed by atoms with Crippen LogP contribution in [0.5, 0.6) is 0 Å². The van der Waals surface area contributed by atoms with Crippen LogP contribution in [0.2, 0.25) is 0 Å². The molecule has 0 bridgehead atoms. The molecule has 2 aromatic rings. The van der Waals surface area contributed by atoms with Gasteiger partial charge in [0, 0.05) is 17.3 Å². The number of aliphatic hydroxyl groups is 1. The predicted octanol–water partition coefficient (Wildman–Crippen LogP) is 2.09. The maximum absolute atomic E-state index is 12.2. The molecule has 0 saturated heterocycles. The molecule has 22 heavy (non-hydrogen) atoms. The third kappa shape index (κ3) is 2.99. The third-order valence-corrected chi connectivity index (χ3v) is 4.81. The summed E-state index contributed by atoms with van der Waals surface area (Å²) < 4.78 is 1.71. The second kappa shape index (κ2) is 6.08. The van der Waals surface area contributed by atoms with Crippen molar-refractivity contribution in [2.45, 2.75) is 45.3 Å². The van der Waals surface area contributed by atoms with Crippen molar-refractivity contribution in [2.75, 3.05) is 6.54 Å². The number of rotatable bonds is 4. The molecule has 0 unspecified atom stereocenters. The SMILES string of the molecule is C[C@@]1(CNC(=O)Cn2ncc3ccccc32)CCCC[C@@H]1O. The van der Waals surface area contributed by atoms with Crippen LogP contribution in [-0.4, -0.2) is 33.4 Å². The fraction of sp³-hybridized carbons (Fsp3) is 0.529. The summed E-state index contributed by atoms with van der Waals surface area (Å²) in [6, 6.07) is 7.84. The summed E-state index contributed by atoms with van der Waals surface area (Å²) >= 11 is 0. The van der Waals surface area contributed by atoms with E-state index in [-0.39, 0.29) is 24.0 Å². The van der Waals surface area contributed by atoms with Gasteiger partial charge in [-0.2, -0.15) is 5.10 Å². The largest absolute Gasteiger partial charge is 0.392 e. The first kappa shape index (κ1) is 15.0. The molecule has 5 heteroatoms. The van der Waals surface area contributed by atoms with Crippen molar-refractivity contribution >= 4 is 16.8 Å². The van der Waals surface area contributed by atoms with E-state index in [0.29, 0.717) is 6.54 Å². The summed E-state index contributed by atoms with van der Waals surface area (Å²) in [6.07, 6.45) is 5.42. The van der Waals surface area contributed by atoms with Crippen molar-refractivity contribution in [2.24, 2.45) is 5.41 Å². The van der Waals surface area contributed by atoms with Crippen LogP contribution >= 0.6 is 0 Å². The van der Waals surface area contributed by atoms with Crippen molar-refractivity contribution in [3.05, 3.63) is 30.5 Å². The number of hydrogen-bond donors (Lipinski definition) is 2. The minimum atomic E-state index is -0.327. The number of amides is 1. The van der Waals surface area contributed by atoms with Crippen LogP contribution in [-0.2, 0) is 11.3 Å². The van der Waals surface area contributed by atoms with Gasteiger partial charge >= 0.3 is 0 Å². The van der Waals surface area contributed by atoms with Gasteiger partial charge in [-0.3, -0.25) is 9.48 Å². The van der Waals surface area contributed by atoms with Crippen LogP contribution in [0.3, 0.4) is 0 Å². The number of aliphatic hydroxyl groups excluding tert-OH is 1. The van der Waals surface area contributed by atoms with Gasteiger partial charge in [0.05, 0.1) is 17.8 Å². The standard InChI is InChI=1S/C17H23N3O2/c1-17(9-5-4-8-15(17)21)12-18-16(22)11-20-14-7-3-2-6-13(14)10-19-20/h2-3,6-7,10,15,21H,4-5,8-9,11-12H2,1H3,(H,18,22)/t15-,17-/m0/s1. The minimum Gasteiger partial charge on any atom is -0.392 e. The van der Waals surface area contributed by atoms with E-state index >= 15 is 0 Å². The lowest BCUT2D eigenvalue weighted by molar-refractivity contribution is -0.123. The zero-order chi connectivity index (χ0) is 15.6. The highest BCUT2D eigenvalue weighted by Crippen LogP contribution is 2.35. The van der Waals surface area contributed by atoms with Crippen LogP contribution in [0.4, 0.5) is 0 Å². The molecule has 0 radical (unpaired) electrons. The summed E-state index contributed by atoms with van der Waals surface area (Å²) in [5.74, 6) is -0.0622. The number of nitrogens with one attached hydrogen (secondary N) is 1. The van der Waals surface area contributed by atoms with E-state index in [4.69, 9.17) is 0 Å². The van der Waals surface area contributed by atoms with Gasteiger partial charge in [0.15, 0.2) is 0 Å². The molecule has 3 rings (SSSR count). The Morgan fingerprint density at radius 2 is 2.27 bits per heavy atom. The van der Waals surface area contributed by atoms with Gasteiger partial charge in [0.25, 0.3) is 0 Å². The van der Waals surface area contributed by atoms with E-state index < -0.39 is 0 Å². The van der Waals surface area contributed by atoms with E-state index in [9.17, 15) is 9.90 Å². The Kier molecular flexibility index (Phi) is 4.16. The van der Waals surface area contributed by atoms with E-state index in [1.54, 1.807) is 10.9 Å². The molecule has 1 fully saturated rings. The van der Waals surface area contributed by atoms with E-state index in [0.717, 1.165) is 36.6 Å². The summed E-state index contributed by atoms with van der Waals surface area (Å²) in [6.45, 7) is 2.78. The molecule has 1 aromatic heterocycles. The van der Waals surface area contributed by atoms with Gasteiger partial charge in [-0.15, -0.1) is 0 Å². The van der Waals surface area contributed by atoms with E-state index in [1.165, 1.54) is 0 Å². The molecule has 1 aromatic carbocycles. The number of aromatic nitrogens is 2. The van der Waals surface area contributed by atoms with Crippen LogP contribution in [0.25, 0.3) is 10.9 Å². The number of nitrogens with zero attached hydrogens (tertiary/aromatic N) is 2. The van der Waals surface area contributed by atoms with Crippen LogP contribution < -0.4 is 5.32 Å². The lowest BCUT2D eigenvalue weighted by Gasteiger charge is -2.38. The second-order valence-corrected chi connectivity index (χ2v) is 6.55.